The lowest BCUT2D eigenvalue weighted by atomic mass is 10.0. The first kappa shape index (κ1) is 18.3. The Morgan fingerprint density at radius 1 is 1.52 bits per heavy atom. The van der Waals surface area contributed by atoms with Crippen molar-refractivity contribution in [3.05, 3.63) is 35.1 Å². The van der Waals surface area contributed by atoms with Gasteiger partial charge >= 0.3 is 0 Å². The Morgan fingerprint density at radius 2 is 2.29 bits per heavy atom. The van der Waals surface area contributed by atoms with Gasteiger partial charge in [-0.3, -0.25) is 4.79 Å². The lowest BCUT2D eigenvalue weighted by Crippen LogP contribution is -2.46. The molecule has 0 aromatic heterocycles. The van der Waals surface area contributed by atoms with Crippen LogP contribution in [0.3, 0.4) is 0 Å². The number of carbonyl (C=O) groups excluding carboxylic acids is 1. The van der Waals surface area contributed by atoms with E-state index in [1.165, 1.54) is 6.07 Å². The van der Waals surface area contributed by atoms with Crippen LogP contribution < -0.4 is 5.32 Å². The van der Waals surface area contributed by atoms with E-state index in [0.29, 0.717) is 22.9 Å². The smallest absolute Gasteiger partial charge is 0.253 e. The van der Waals surface area contributed by atoms with Gasteiger partial charge < -0.3 is 10.2 Å². The molecule has 21 heavy (non-hydrogen) atoms. The van der Waals surface area contributed by atoms with Crippen LogP contribution in [0.25, 0.3) is 0 Å². The van der Waals surface area contributed by atoms with Crippen molar-refractivity contribution in [2.75, 3.05) is 26.4 Å². The summed E-state index contributed by atoms with van der Waals surface area (Å²) in [5, 5.41) is 3.22. The number of benzene rings is 1. The number of nitrogens with zero attached hydrogens (tertiary/aromatic N) is 1. The van der Waals surface area contributed by atoms with Crippen molar-refractivity contribution in [1.29, 1.82) is 0 Å². The molecule has 1 fully saturated rings. The van der Waals surface area contributed by atoms with Crippen molar-refractivity contribution in [2.24, 2.45) is 0 Å². The molecule has 1 aliphatic heterocycles. The monoisotopic (exact) mass is 332 g/mol. The minimum absolute atomic E-state index is 0. The van der Waals surface area contributed by atoms with Crippen molar-refractivity contribution < 1.29 is 9.18 Å². The Balaban J connectivity index is 0.00000220. The molecule has 1 N–H and O–H groups in total. The van der Waals surface area contributed by atoms with Crippen LogP contribution in [0.1, 0.15) is 28.8 Å². The zero-order valence-electron chi connectivity index (χ0n) is 12.4. The van der Waals surface area contributed by atoms with Gasteiger partial charge in [0, 0.05) is 30.4 Å². The van der Waals surface area contributed by atoms with Gasteiger partial charge in [-0.2, -0.15) is 11.8 Å². The van der Waals surface area contributed by atoms with Gasteiger partial charge in [-0.25, -0.2) is 4.39 Å². The van der Waals surface area contributed by atoms with Crippen LogP contribution in [0.4, 0.5) is 4.39 Å². The molecular formula is C15H22ClFN2OS. The number of likely N-dealkylation sites (N-methyl/N-ethyl adjacent to an activating group) is 1. The second-order valence-electron chi connectivity index (χ2n) is 5.12. The van der Waals surface area contributed by atoms with E-state index in [2.05, 4.69) is 5.32 Å². The van der Waals surface area contributed by atoms with Crippen LogP contribution in [0.5, 0.6) is 0 Å². The summed E-state index contributed by atoms with van der Waals surface area (Å²) in [7, 11) is 1.92. The highest BCUT2D eigenvalue weighted by Gasteiger charge is 2.23. The first-order chi connectivity index (χ1) is 9.65. The van der Waals surface area contributed by atoms with Crippen molar-refractivity contribution in [1.82, 2.24) is 10.2 Å². The van der Waals surface area contributed by atoms with Gasteiger partial charge in [-0.05, 0) is 49.9 Å². The van der Waals surface area contributed by atoms with E-state index >= 15 is 0 Å². The number of rotatable bonds is 4. The molecule has 1 amide bonds. The number of hydrogen-bond donors (Lipinski definition) is 1. The molecule has 1 unspecified atom stereocenters. The average Bonchev–Trinajstić information content (AvgIpc) is 2.49. The van der Waals surface area contributed by atoms with Gasteiger partial charge in [0.25, 0.3) is 5.91 Å². The van der Waals surface area contributed by atoms with E-state index in [1.807, 2.05) is 18.2 Å². The third-order valence-corrected chi connectivity index (χ3v) is 4.31. The third kappa shape index (κ3) is 4.59. The largest absolute Gasteiger partial charge is 0.337 e. The molecular weight excluding hydrogens is 311 g/mol. The van der Waals surface area contributed by atoms with E-state index in [-0.39, 0.29) is 24.1 Å². The lowest BCUT2D eigenvalue weighted by molar-refractivity contribution is 0.0698. The zero-order valence-corrected chi connectivity index (χ0v) is 14.0. The number of hydrogen-bond acceptors (Lipinski definition) is 3. The number of halogens is 2. The number of thioether (sulfide) groups is 1. The number of piperidine rings is 1. The molecule has 3 nitrogen and oxygen atoms in total. The second-order valence-corrected chi connectivity index (χ2v) is 5.98. The summed E-state index contributed by atoms with van der Waals surface area (Å²) < 4.78 is 13.6. The van der Waals surface area contributed by atoms with E-state index in [9.17, 15) is 9.18 Å². The number of nitrogens with one attached hydrogen (secondary N) is 1. The minimum Gasteiger partial charge on any atom is -0.337 e. The Hall–Kier alpha value is -0.780. The first-order valence-corrected chi connectivity index (χ1v) is 8.29. The molecule has 1 aromatic rings. The molecule has 0 saturated carbocycles. The van der Waals surface area contributed by atoms with Gasteiger partial charge in [0.05, 0.1) is 0 Å². The fraction of sp³-hybridized carbons (Fsp3) is 0.533. The Labute approximate surface area is 136 Å². The molecule has 0 spiro atoms. The van der Waals surface area contributed by atoms with Crippen molar-refractivity contribution >= 4 is 30.1 Å². The SMILES string of the molecule is CNC1CCCN(C(=O)c2ccc(F)c(CSC)c2)C1.Cl. The summed E-state index contributed by atoms with van der Waals surface area (Å²) in [6.07, 6.45) is 4.04. The Bertz CT molecular complexity index is 487. The lowest BCUT2D eigenvalue weighted by Gasteiger charge is -2.32. The molecule has 0 aliphatic carbocycles. The maximum atomic E-state index is 13.6. The van der Waals surface area contributed by atoms with Gasteiger partial charge in [0.15, 0.2) is 0 Å². The van der Waals surface area contributed by atoms with Crippen molar-refractivity contribution in [3.63, 3.8) is 0 Å². The topological polar surface area (TPSA) is 32.3 Å². The molecule has 6 heteroatoms. The summed E-state index contributed by atoms with van der Waals surface area (Å²) in [5.41, 5.74) is 1.19. The molecule has 1 aliphatic rings. The van der Waals surface area contributed by atoms with E-state index in [1.54, 1.807) is 23.9 Å². The van der Waals surface area contributed by atoms with Crippen LogP contribution in [-0.4, -0.2) is 43.2 Å². The zero-order chi connectivity index (χ0) is 14.5. The van der Waals surface area contributed by atoms with Crippen LogP contribution in [-0.2, 0) is 5.75 Å². The van der Waals surface area contributed by atoms with Gasteiger partial charge in [0.2, 0.25) is 0 Å². The predicted molar refractivity (Wildman–Crippen MR) is 88.9 cm³/mol. The van der Waals surface area contributed by atoms with E-state index < -0.39 is 0 Å². The summed E-state index contributed by atoms with van der Waals surface area (Å²) in [6.45, 7) is 1.51. The van der Waals surface area contributed by atoms with Crippen LogP contribution in [0.15, 0.2) is 18.2 Å². The molecule has 0 bridgehead atoms. The summed E-state index contributed by atoms with van der Waals surface area (Å²) in [4.78, 5) is 14.4. The van der Waals surface area contributed by atoms with Crippen molar-refractivity contribution in [3.8, 4) is 0 Å². The maximum Gasteiger partial charge on any atom is 0.253 e. The maximum absolute atomic E-state index is 13.6. The van der Waals surface area contributed by atoms with Gasteiger partial charge in [0.1, 0.15) is 5.82 Å². The fourth-order valence-electron chi connectivity index (χ4n) is 2.55. The third-order valence-electron chi connectivity index (χ3n) is 3.71. The normalized spacial score (nSPS) is 18.2. The first-order valence-electron chi connectivity index (χ1n) is 6.89. The second kappa shape index (κ2) is 8.61. The van der Waals surface area contributed by atoms with Crippen LogP contribution in [0, 0.1) is 5.82 Å². The van der Waals surface area contributed by atoms with E-state index in [0.717, 1.165) is 25.9 Å². The highest BCUT2D eigenvalue weighted by atomic mass is 35.5. The summed E-state index contributed by atoms with van der Waals surface area (Å²) in [5.74, 6) is 0.362. The number of likely N-dealkylation sites (tertiary alicyclic amines) is 1. The summed E-state index contributed by atoms with van der Waals surface area (Å²) in [6, 6.07) is 5.04. The molecule has 2 rings (SSSR count). The van der Waals surface area contributed by atoms with Crippen LogP contribution in [0.2, 0.25) is 0 Å². The number of carbonyl (C=O) groups is 1. The Kier molecular flexibility index (Phi) is 7.49. The summed E-state index contributed by atoms with van der Waals surface area (Å²) >= 11 is 1.55. The predicted octanol–water partition coefficient (Wildman–Crippen LogP) is 2.93. The highest BCUT2D eigenvalue weighted by Crippen LogP contribution is 2.19. The van der Waals surface area contributed by atoms with E-state index in [4.69, 9.17) is 0 Å². The van der Waals surface area contributed by atoms with Gasteiger partial charge in [-0.15, -0.1) is 12.4 Å². The fourth-order valence-corrected chi connectivity index (χ4v) is 3.09. The molecule has 1 saturated heterocycles. The quantitative estimate of drug-likeness (QED) is 0.920. The molecule has 1 aromatic carbocycles. The van der Waals surface area contributed by atoms with Crippen molar-refractivity contribution in [2.45, 2.75) is 24.6 Å². The molecule has 1 atom stereocenters. The molecule has 118 valence electrons. The Morgan fingerprint density at radius 3 is 2.95 bits per heavy atom. The standard InChI is InChI=1S/C15H21FN2OS.ClH/c1-17-13-4-3-7-18(9-13)15(19)11-5-6-14(16)12(8-11)10-20-2;/h5-6,8,13,17H,3-4,7,9-10H2,1-2H3;1H. The number of amides is 1. The minimum atomic E-state index is -0.234. The molecule has 1 heterocycles. The average molecular weight is 333 g/mol. The molecule has 0 radical (unpaired) electrons. The van der Waals surface area contributed by atoms with Gasteiger partial charge in [-0.1, -0.05) is 0 Å². The highest BCUT2D eigenvalue weighted by molar-refractivity contribution is 7.97. The van der Waals surface area contributed by atoms with Crippen LogP contribution >= 0.6 is 24.2 Å².